The summed E-state index contributed by atoms with van der Waals surface area (Å²) in [6.45, 7) is 3.38. The lowest BCUT2D eigenvalue weighted by Gasteiger charge is -2.09. The zero-order valence-corrected chi connectivity index (χ0v) is 8.05. The summed E-state index contributed by atoms with van der Waals surface area (Å²) in [6.07, 6.45) is 0. The van der Waals surface area contributed by atoms with Crippen molar-refractivity contribution in [3.8, 4) is 5.75 Å². The summed E-state index contributed by atoms with van der Waals surface area (Å²) in [5.74, 6) is 0.655. The van der Waals surface area contributed by atoms with E-state index in [1.54, 1.807) is 19.2 Å². The highest BCUT2D eigenvalue weighted by molar-refractivity contribution is 5.95. The summed E-state index contributed by atoms with van der Waals surface area (Å²) in [4.78, 5) is 11.1. The Bertz CT molecular complexity index is 322. The van der Waals surface area contributed by atoms with Crippen LogP contribution in [0.25, 0.3) is 0 Å². The van der Waals surface area contributed by atoms with Crippen LogP contribution in [-0.2, 0) is 0 Å². The molecule has 70 valence electrons. The van der Waals surface area contributed by atoms with Gasteiger partial charge in [-0.25, -0.2) is 0 Å². The summed E-state index contributed by atoms with van der Waals surface area (Å²) in [6, 6.07) is 3.41. The smallest absolute Gasteiger partial charge is 0.159 e. The predicted octanol–water partition coefficient (Wildman–Crippen LogP) is 1.79. The van der Waals surface area contributed by atoms with Crippen LogP contribution in [-0.4, -0.2) is 12.9 Å². The molecule has 13 heavy (non-hydrogen) atoms. The van der Waals surface area contributed by atoms with Crippen LogP contribution in [0.1, 0.15) is 22.8 Å². The van der Waals surface area contributed by atoms with E-state index in [-0.39, 0.29) is 5.78 Å². The number of rotatable bonds is 2. The lowest BCUT2D eigenvalue weighted by molar-refractivity contribution is 0.101. The van der Waals surface area contributed by atoms with E-state index in [9.17, 15) is 4.79 Å². The number of Topliss-reactive ketones (excluding diaryl/α,β-unsaturated/α-hetero) is 1. The van der Waals surface area contributed by atoms with Crippen molar-refractivity contribution in [1.82, 2.24) is 0 Å². The molecule has 1 aromatic rings. The molecule has 0 fully saturated rings. The molecule has 2 N–H and O–H groups in total. The standard InChI is InChI=1S/C10H13NO2/c1-6-4-8(7(2)12)5-9(11)10(6)13-3/h4-5H,11H2,1-3H3. The minimum Gasteiger partial charge on any atom is -0.494 e. The van der Waals surface area contributed by atoms with Crippen molar-refractivity contribution in [1.29, 1.82) is 0 Å². The van der Waals surface area contributed by atoms with Crippen LogP contribution in [0.3, 0.4) is 0 Å². The molecule has 3 nitrogen and oxygen atoms in total. The summed E-state index contributed by atoms with van der Waals surface area (Å²) in [7, 11) is 1.56. The van der Waals surface area contributed by atoms with Crippen molar-refractivity contribution in [2.45, 2.75) is 13.8 Å². The Hall–Kier alpha value is -1.51. The average molecular weight is 179 g/mol. The van der Waals surface area contributed by atoms with Gasteiger partial charge in [0.25, 0.3) is 0 Å². The summed E-state index contributed by atoms with van der Waals surface area (Å²) in [5, 5.41) is 0. The van der Waals surface area contributed by atoms with E-state index in [4.69, 9.17) is 10.5 Å². The molecule has 0 bridgehead atoms. The molecule has 0 atom stereocenters. The molecule has 0 saturated carbocycles. The molecule has 1 aromatic carbocycles. The van der Waals surface area contributed by atoms with Crippen LogP contribution in [0, 0.1) is 6.92 Å². The fourth-order valence-electron chi connectivity index (χ4n) is 1.28. The van der Waals surface area contributed by atoms with Gasteiger partial charge in [0, 0.05) is 5.56 Å². The van der Waals surface area contributed by atoms with E-state index in [0.29, 0.717) is 17.0 Å². The zero-order chi connectivity index (χ0) is 10.0. The van der Waals surface area contributed by atoms with Crippen LogP contribution in [0.2, 0.25) is 0 Å². The van der Waals surface area contributed by atoms with E-state index in [1.807, 2.05) is 6.92 Å². The van der Waals surface area contributed by atoms with Crippen molar-refractivity contribution in [2.75, 3.05) is 12.8 Å². The van der Waals surface area contributed by atoms with Gasteiger partial charge < -0.3 is 10.5 Å². The quantitative estimate of drug-likeness (QED) is 0.556. The lowest BCUT2D eigenvalue weighted by Crippen LogP contribution is -1.99. The molecule has 0 aliphatic carbocycles. The van der Waals surface area contributed by atoms with Gasteiger partial charge in [-0.3, -0.25) is 4.79 Å². The molecule has 0 heterocycles. The third kappa shape index (κ3) is 1.80. The summed E-state index contributed by atoms with van der Waals surface area (Å²) >= 11 is 0. The van der Waals surface area contributed by atoms with Gasteiger partial charge in [-0.1, -0.05) is 0 Å². The Balaban J connectivity index is 3.28. The van der Waals surface area contributed by atoms with E-state index >= 15 is 0 Å². The van der Waals surface area contributed by atoms with Gasteiger partial charge >= 0.3 is 0 Å². The molecule has 0 aromatic heterocycles. The monoisotopic (exact) mass is 179 g/mol. The second-order valence-corrected chi connectivity index (χ2v) is 2.97. The van der Waals surface area contributed by atoms with E-state index < -0.39 is 0 Å². The zero-order valence-electron chi connectivity index (χ0n) is 8.05. The average Bonchev–Trinajstić information content (AvgIpc) is 2.03. The van der Waals surface area contributed by atoms with Crippen LogP contribution in [0.5, 0.6) is 5.75 Å². The fourth-order valence-corrected chi connectivity index (χ4v) is 1.28. The number of benzene rings is 1. The summed E-state index contributed by atoms with van der Waals surface area (Å²) < 4.78 is 5.07. The van der Waals surface area contributed by atoms with Crippen molar-refractivity contribution in [2.24, 2.45) is 0 Å². The van der Waals surface area contributed by atoms with E-state index in [2.05, 4.69) is 0 Å². The maximum absolute atomic E-state index is 11.1. The number of methoxy groups -OCH3 is 1. The molecule has 0 aliphatic heterocycles. The molecular weight excluding hydrogens is 166 g/mol. The minimum atomic E-state index is 0.0115. The number of carbonyl (C=O) groups excluding carboxylic acids is 1. The second-order valence-electron chi connectivity index (χ2n) is 2.97. The number of anilines is 1. The largest absolute Gasteiger partial charge is 0.494 e. The van der Waals surface area contributed by atoms with Gasteiger partial charge in [0.05, 0.1) is 12.8 Å². The Morgan fingerprint density at radius 3 is 2.46 bits per heavy atom. The SMILES string of the molecule is COc1c(C)cc(C(C)=O)cc1N. The molecule has 0 radical (unpaired) electrons. The summed E-state index contributed by atoms with van der Waals surface area (Å²) in [5.41, 5.74) is 7.70. The van der Waals surface area contributed by atoms with Crippen molar-refractivity contribution in [3.05, 3.63) is 23.3 Å². The highest BCUT2D eigenvalue weighted by Crippen LogP contribution is 2.27. The number of hydrogen-bond acceptors (Lipinski definition) is 3. The van der Waals surface area contributed by atoms with Crippen LogP contribution in [0.15, 0.2) is 12.1 Å². The van der Waals surface area contributed by atoms with Gasteiger partial charge in [0.15, 0.2) is 5.78 Å². The molecule has 1 rings (SSSR count). The number of carbonyl (C=O) groups is 1. The van der Waals surface area contributed by atoms with Crippen molar-refractivity contribution in [3.63, 3.8) is 0 Å². The Kier molecular flexibility index (Phi) is 2.56. The molecule has 3 heteroatoms. The molecule has 0 unspecified atom stereocenters. The fraction of sp³-hybridized carbons (Fsp3) is 0.300. The first kappa shape index (κ1) is 9.58. The topological polar surface area (TPSA) is 52.3 Å². The lowest BCUT2D eigenvalue weighted by atomic mass is 10.1. The normalized spacial score (nSPS) is 9.77. The van der Waals surface area contributed by atoms with Gasteiger partial charge in [0.2, 0.25) is 0 Å². The highest BCUT2D eigenvalue weighted by atomic mass is 16.5. The second kappa shape index (κ2) is 3.47. The van der Waals surface area contributed by atoms with Crippen molar-refractivity contribution >= 4 is 11.5 Å². The van der Waals surface area contributed by atoms with Crippen LogP contribution < -0.4 is 10.5 Å². The maximum atomic E-state index is 11.1. The van der Waals surface area contributed by atoms with E-state index in [1.165, 1.54) is 6.92 Å². The molecule has 0 amide bonds. The maximum Gasteiger partial charge on any atom is 0.159 e. The van der Waals surface area contributed by atoms with Gasteiger partial charge in [-0.05, 0) is 31.5 Å². The number of ketones is 1. The number of aryl methyl sites for hydroxylation is 1. The molecule has 0 saturated heterocycles. The molecule has 0 spiro atoms. The van der Waals surface area contributed by atoms with Gasteiger partial charge in [0.1, 0.15) is 5.75 Å². The number of ether oxygens (including phenoxy) is 1. The highest BCUT2D eigenvalue weighted by Gasteiger charge is 2.07. The number of nitrogens with two attached hydrogens (primary N) is 1. The Labute approximate surface area is 77.5 Å². The minimum absolute atomic E-state index is 0.0115. The van der Waals surface area contributed by atoms with Gasteiger partial charge in [-0.2, -0.15) is 0 Å². The Morgan fingerprint density at radius 1 is 1.46 bits per heavy atom. The Morgan fingerprint density at radius 2 is 2.08 bits per heavy atom. The molecular formula is C10H13NO2. The predicted molar refractivity (Wildman–Crippen MR) is 52.1 cm³/mol. The third-order valence-electron chi connectivity index (χ3n) is 1.91. The van der Waals surface area contributed by atoms with E-state index in [0.717, 1.165) is 5.56 Å². The first-order valence-electron chi connectivity index (χ1n) is 4.01. The van der Waals surface area contributed by atoms with Crippen LogP contribution >= 0.6 is 0 Å². The van der Waals surface area contributed by atoms with Crippen molar-refractivity contribution < 1.29 is 9.53 Å². The molecule has 0 aliphatic rings. The number of nitrogen functional groups attached to an aromatic ring is 1. The number of hydrogen-bond donors (Lipinski definition) is 1. The van der Waals surface area contributed by atoms with Gasteiger partial charge in [-0.15, -0.1) is 0 Å². The third-order valence-corrected chi connectivity index (χ3v) is 1.91. The van der Waals surface area contributed by atoms with Crippen LogP contribution in [0.4, 0.5) is 5.69 Å². The first-order chi connectivity index (χ1) is 6.06. The first-order valence-corrected chi connectivity index (χ1v) is 4.01.